The number of hydrogen-bond donors (Lipinski definition) is 0. The SMILES string of the molecule is C=CCN1C(=O)/C(=C/c2ccc(CC)cc2)SC1=S. The van der Waals surface area contributed by atoms with Crippen molar-refractivity contribution in [1.82, 2.24) is 4.90 Å². The zero-order valence-electron chi connectivity index (χ0n) is 10.8. The van der Waals surface area contributed by atoms with E-state index in [4.69, 9.17) is 12.2 Å². The zero-order valence-corrected chi connectivity index (χ0v) is 12.4. The summed E-state index contributed by atoms with van der Waals surface area (Å²) < 4.78 is 0.598. The third-order valence-electron chi connectivity index (χ3n) is 2.87. The van der Waals surface area contributed by atoms with Crippen molar-refractivity contribution in [2.45, 2.75) is 13.3 Å². The van der Waals surface area contributed by atoms with Gasteiger partial charge in [-0.15, -0.1) is 6.58 Å². The van der Waals surface area contributed by atoms with Crippen LogP contribution in [0.5, 0.6) is 0 Å². The Morgan fingerprint density at radius 1 is 1.37 bits per heavy atom. The van der Waals surface area contributed by atoms with Gasteiger partial charge in [0.25, 0.3) is 5.91 Å². The zero-order chi connectivity index (χ0) is 13.8. The van der Waals surface area contributed by atoms with E-state index in [9.17, 15) is 4.79 Å². The number of benzene rings is 1. The van der Waals surface area contributed by atoms with Crippen LogP contribution in [0, 0.1) is 0 Å². The molecule has 0 unspecified atom stereocenters. The van der Waals surface area contributed by atoms with Crippen molar-refractivity contribution in [3.63, 3.8) is 0 Å². The summed E-state index contributed by atoms with van der Waals surface area (Å²) in [6, 6.07) is 8.21. The standard InChI is InChI=1S/C15H15NOS2/c1-3-9-16-14(17)13(19-15(16)18)10-12-7-5-11(4-2)6-8-12/h3,5-8,10H,1,4,9H2,2H3/b13-10-. The first kappa shape index (κ1) is 14.0. The van der Waals surface area contributed by atoms with Crippen LogP contribution >= 0.6 is 24.0 Å². The molecule has 1 heterocycles. The van der Waals surface area contributed by atoms with Crippen LogP contribution in [0.2, 0.25) is 0 Å². The van der Waals surface area contributed by atoms with Gasteiger partial charge in [0.1, 0.15) is 4.32 Å². The van der Waals surface area contributed by atoms with Crippen LogP contribution in [-0.4, -0.2) is 21.7 Å². The maximum absolute atomic E-state index is 12.1. The number of carbonyl (C=O) groups excluding carboxylic acids is 1. The molecule has 0 spiro atoms. The molecule has 2 nitrogen and oxygen atoms in total. The molecule has 0 aliphatic carbocycles. The number of aryl methyl sites for hydroxylation is 1. The first-order chi connectivity index (χ1) is 9.15. The van der Waals surface area contributed by atoms with Crippen LogP contribution in [0.25, 0.3) is 6.08 Å². The highest BCUT2D eigenvalue weighted by atomic mass is 32.2. The number of nitrogens with zero attached hydrogens (tertiary/aromatic N) is 1. The monoisotopic (exact) mass is 289 g/mol. The quantitative estimate of drug-likeness (QED) is 0.479. The van der Waals surface area contributed by atoms with Crippen molar-refractivity contribution in [3.8, 4) is 0 Å². The largest absolute Gasteiger partial charge is 0.289 e. The van der Waals surface area contributed by atoms with E-state index in [2.05, 4.69) is 25.6 Å². The number of hydrogen-bond acceptors (Lipinski definition) is 3. The molecule has 4 heteroatoms. The van der Waals surface area contributed by atoms with E-state index in [1.54, 1.807) is 11.0 Å². The molecular formula is C15H15NOS2. The van der Waals surface area contributed by atoms with Crippen LogP contribution in [-0.2, 0) is 11.2 Å². The van der Waals surface area contributed by atoms with Gasteiger partial charge in [-0.05, 0) is 23.6 Å². The fraction of sp³-hybridized carbons (Fsp3) is 0.200. The van der Waals surface area contributed by atoms with Crippen molar-refractivity contribution in [1.29, 1.82) is 0 Å². The van der Waals surface area contributed by atoms with Gasteiger partial charge in [0.05, 0.1) is 4.91 Å². The molecule has 0 N–H and O–H groups in total. The number of thiocarbonyl (C=S) groups is 1. The smallest absolute Gasteiger partial charge is 0.266 e. The Bertz CT molecular complexity index is 546. The summed E-state index contributed by atoms with van der Waals surface area (Å²) in [5.74, 6) is -0.0329. The third-order valence-corrected chi connectivity index (χ3v) is 4.25. The number of carbonyl (C=O) groups is 1. The molecule has 0 aromatic heterocycles. The second-order valence-corrected chi connectivity index (χ2v) is 5.85. The van der Waals surface area contributed by atoms with Gasteiger partial charge in [0, 0.05) is 6.54 Å². The Kier molecular flexibility index (Phi) is 4.56. The molecule has 1 aromatic rings. The molecule has 1 aliphatic heterocycles. The van der Waals surface area contributed by atoms with Crippen LogP contribution < -0.4 is 0 Å². The fourth-order valence-corrected chi connectivity index (χ4v) is 3.06. The van der Waals surface area contributed by atoms with Crippen molar-refractivity contribution in [2.24, 2.45) is 0 Å². The van der Waals surface area contributed by atoms with Gasteiger partial charge in [0.15, 0.2) is 0 Å². The minimum atomic E-state index is -0.0329. The average Bonchev–Trinajstić information content (AvgIpc) is 2.68. The summed E-state index contributed by atoms with van der Waals surface area (Å²) in [6.45, 7) is 6.23. The molecule has 98 valence electrons. The maximum atomic E-state index is 12.1. The topological polar surface area (TPSA) is 20.3 Å². The van der Waals surface area contributed by atoms with E-state index in [0.29, 0.717) is 15.8 Å². The first-order valence-electron chi connectivity index (χ1n) is 6.11. The predicted octanol–water partition coefficient (Wildman–Crippen LogP) is 3.64. The van der Waals surface area contributed by atoms with E-state index in [1.165, 1.54) is 17.3 Å². The molecule has 1 aliphatic rings. The third kappa shape index (κ3) is 3.14. The van der Waals surface area contributed by atoms with Gasteiger partial charge in [-0.3, -0.25) is 9.69 Å². The van der Waals surface area contributed by atoms with Crippen LogP contribution in [0.3, 0.4) is 0 Å². The summed E-state index contributed by atoms with van der Waals surface area (Å²) in [7, 11) is 0. The van der Waals surface area contributed by atoms with Crippen LogP contribution in [0.4, 0.5) is 0 Å². The second kappa shape index (κ2) is 6.17. The minimum absolute atomic E-state index is 0.0329. The molecular weight excluding hydrogens is 274 g/mol. The molecule has 1 saturated heterocycles. The first-order valence-corrected chi connectivity index (χ1v) is 7.33. The number of amides is 1. The second-order valence-electron chi connectivity index (χ2n) is 4.18. The molecule has 1 amide bonds. The Morgan fingerprint density at radius 3 is 2.63 bits per heavy atom. The van der Waals surface area contributed by atoms with Crippen molar-refractivity contribution < 1.29 is 4.79 Å². The summed E-state index contributed by atoms with van der Waals surface area (Å²) in [6.07, 6.45) is 4.59. The lowest BCUT2D eigenvalue weighted by atomic mass is 10.1. The van der Waals surface area contributed by atoms with E-state index >= 15 is 0 Å². The fourth-order valence-electron chi connectivity index (χ4n) is 1.79. The van der Waals surface area contributed by atoms with Crippen LogP contribution in [0.1, 0.15) is 18.1 Å². The molecule has 1 fully saturated rings. The summed E-state index contributed by atoms with van der Waals surface area (Å²) in [4.78, 5) is 14.4. The minimum Gasteiger partial charge on any atom is -0.289 e. The molecule has 1 aromatic carbocycles. The van der Waals surface area contributed by atoms with Gasteiger partial charge in [0.2, 0.25) is 0 Å². The summed E-state index contributed by atoms with van der Waals surface area (Å²) in [5, 5.41) is 0. The highest BCUT2D eigenvalue weighted by Crippen LogP contribution is 2.32. The van der Waals surface area contributed by atoms with Crippen LogP contribution in [0.15, 0.2) is 41.8 Å². The van der Waals surface area contributed by atoms with Gasteiger partial charge >= 0.3 is 0 Å². The van der Waals surface area contributed by atoms with Crippen molar-refractivity contribution >= 4 is 40.3 Å². The van der Waals surface area contributed by atoms with E-state index in [0.717, 1.165) is 12.0 Å². The molecule has 0 saturated carbocycles. The van der Waals surface area contributed by atoms with Gasteiger partial charge in [-0.1, -0.05) is 61.2 Å². The van der Waals surface area contributed by atoms with E-state index in [1.807, 2.05) is 18.2 Å². The van der Waals surface area contributed by atoms with Crippen molar-refractivity contribution in [3.05, 3.63) is 53.0 Å². The maximum Gasteiger partial charge on any atom is 0.266 e. The Labute approximate surface area is 123 Å². The lowest BCUT2D eigenvalue weighted by Gasteiger charge is -2.10. The Balaban J connectivity index is 2.21. The Morgan fingerprint density at radius 2 is 2.05 bits per heavy atom. The normalized spacial score (nSPS) is 17.3. The van der Waals surface area contributed by atoms with Gasteiger partial charge < -0.3 is 0 Å². The Hall–Kier alpha value is -1.39. The number of thioether (sulfide) groups is 1. The lowest BCUT2D eigenvalue weighted by molar-refractivity contribution is -0.121. The number of rotatable bonds is 4. The average molecular weight is 289 g/mol. The molecule has 0 atom stereocenters. The lowest BCUT2D eigenvalue weighted by Crippen LogP contribution is -2.27. The molecule has 19 heavy (non-hydrogen) atoms. The summed E-state index contributed by atoms with van der Waals surface area (Å²) in [5.41, 5.74) is 2.31. The van der Waals surface area contributed by atoms with Gasteiger partial charge in [-0.2, -0.15) is 0 Å². The molecule has 2 rings (SSSR count). The van der Waals surface area contributed by atoms with E-state index < -0.39 is 0 Å². The highest BCUT2D eigenvalue weighted by Gasteiger charge is 2.30. The van der Waals surface area contributed by atoms with E-state index in [-0.39, 0.29) is 5.91 Å². The van der Waals surface area contributed by atoms with Crippen molar-refractivity contribution in [2.75, 3.05) is 6.54 Å². The predicted molar refractivity (Wildman–Crippen MR) is 85.9 cm³/mol. The molecule has 0 radical (unpaired) electrons. The molecule has 0 bridgehead atoms. The van der Waals surface area contributed by atoms with Gasteiger partial charge in [-0.25, -0.2) is 0 Å². The summed E-state index contributed by atoms with van der Waals surface area (Å²) >= 11 is 6.54. The highest BCUT2D eigenvalue weighted by molar-refractivity contribution is 8.26.